The quantitative estimate of drug-likeness (QED) is 0.496. The number of aliphatic hydroxyl groups is 1. The Kier molecular flexibility index (Phi) is 6.08. The zero-order valence-corrected chi connectivity index (χ0v) is 19.4. The lowest BCUT2D eigenvalue weighted by Crippen LogP contribution is -2.44. The van der Waals surface area contributed by atoms with Crippen LogP contribution in [-0.2, 0) is 4.74 Å². The fraction of sp³-hybridized carbons (Fsp3) is 0.852. The first-order valence-corrected chi connectivity index (χ1v) is 12.5. The minimum absolute atomic E-state index is 0.0923. The maximum Gasteiger partial charge on any atom is 0.106 e. The van der Waals surface area contributed by atoms with Crippen molar-refractivity contribution >= 4 is 0 Å². The third-order valence-electron chi connectivity index (χ3n) is 9.22. The third-order valence-corrected chi connectivity index (χ3v) is 9.22. The van der Waals surface area contributed by atoms with Gasteiger partial charge in [0.2, 0.25) is 0 Å². The van der Waals surface area contributed by atoms with E-state index >= 15 is 0 Å². The highest BCUT2D eigenvalue weighted by molar-refractivity contribution is 5.36. The molecule has 3 saturated carbocycles. The lowest BCUT2D eigenvalue weighted by Gasteiger charge is -2.46. The molecule has 7 atom stereocenters. The van der Waals surface area contributed by atoms with E-state index in [2.05, 4.69) is 40.3 Å². The maximum atomic E-state index is 10.1. The first-order chi connectivity index (χ1) is 13.8. The van der Waals surface area contributed by atoms with E-state index in [9.17, 15) is 5.11 Å². The Morgan fingerprint density at radius 1 is 1.17 bits per heavy atom. The van der Waals surface area contributed by atoms with Crippen molar-refractivity contribution in [3.63, 3.8) is 0 Å². The van der Waals surface area contributed by atoms with E-state index < -0.39 is 0 Å². The van der Waals surface area contributed by atoms with Crippen molar-refractivity contribution in [1.29, 1.82) is 0 Å². The Balaban J connectivity index is 1.45. The predicted octanol–water partition coefficient (Wildman–Crippen LogP) is 6.83. The molecule has 5 unspecified atom stereocenters. The highest BCUT2D eigenvalue weighted by Crippen LogP contribution is 2.67. The summed E-state index contributed by atoms with van der Waals surface area (Å²) in [5.41, 5.74) is 3.04. The number of epoxide rings is 1. The largest absolute Gasteiger partial charge is 0.393 e. The van der Waals surface area contributed by atoms with E-state index in [1.54, 1.807) is 0 Å². The molecule has 4 fully saturated rings. The molecule has 3 aliphatic carbocycles. The van der Waals surface area contributed by atoms with E-state index in [4.69, 9.17) is 4.74 Å². The van der Waals surface area contributed by atoms with E-state index in [-0.39, 0.29) is 17.8 Å². The third kappa shape index (κ3) is 4.01. The summed E-state index contributed by atoms with van der Waals surface area (Å²) < 4.78 is 6.55. The van der Waals surface area contributed by atoms with Crippen LogP contribution >= 0.6 is 0 Å². The number of rotatable bonds is 6. The molecule has 29 heavy (non-hydrogen) atoms. The molecule has 1 saturated heterocycles. The van der Waals surface area contributed by atoms with Gasteiger partial charge in [0, 0.05) is 0 Å². The number of hydrogen-bond acceptors (Lipinski definition) is 2. The molecule has 0 bridgehead atoms. The highest BCUT2D eigenvalue weighted by Gasteiger charge is 2.68. The number of ether oxygens (including phenoxy) is 1. The number of hydrogen-bond donors (Lipinski definition) is 1. The summed E-state index contributed by atoms with van der Waals surface area (Å²) in [5.74, 6) is 3.24. The molecule has 2 heteroatoms. The highest BCUT2D eigenvalue weighted by atomic mass is 16.6. The molecule has 0 aromatic carbocycles. The van der Waals surface area contributed by atoms with Crippen LogP contribution in [0.15, 0.2) is 23.8 Å². The Morgan fingerprint density at radius 2 is 1.97 bits per heavy atom. The van der Waals surface area contributed by atoms with Gasteiger partial charge in [0.25, 0.3) is 0 Å². The second-order valence-corrected chi connectivity index (χ2v) is 11.6. The predicted molar refractivity (Wildman–Crippen MR) is 121 cm³/mol. The average Bonchev–Trinajstić information content (AvgIpc) is 3.17. The van der Waals surface area contributed by atoms with Crippen LogP contribution in [0, 0.1) is 29.1 Å². The second-order valence-electron chi connectivity index (χ2n) is 11.6. The maximum absolute atomic E-state index is 10.1. The van der Waals surface area contributed by atoms with E-state index in [1.165, 1.54) is 62.5 Å². The van der Waals surface area contributed by atoms with Crippen molar-refractivity contribution in [2.24, 2.45) is 29.1 Å². The molecule has 0 radical (unpaired) electrons. The molecule has 2 nitrogen and oxygen atoms in total. The molecule has 4 aliphatic rings. The van der Waals surface area contributed by atoms with Gasteiger partial charge in [-0.15, -0.1) is 0 Å². The molecule has 1 aliphatic heterocycles. The first kappa shape index (κ1) is 21.6. The van der Waals surface area contributed by atoms with Crippen LogP contribution in [0.5, 0.6) is 0 Å². The lowest BCUT2D eigenvalue weighted by atomic mass is 9.58. The van der Waals surface area contributed by atoms with Crippen molar-refractivity contribution in [1.82, 2.24) is 0 Å². The molecule has 0 aromatic heterocycles. The summed E-state index contributed by atoms with van der Waals surface area (Å²) in [7, 11) is 0. The minimum atomic E-state index is -0.194. The molecule has 1 spiro atoms. The molecule has 0 aromatic rings. The van der Waals surface area contributed by atoms with Crippen LogP contribution in [0.1, 0.15) is 98.3 Å². The second kappa shape index (κ2) is 8.15. The van der Waals surface area contributed by atoms with Gasteiger partial charge in [0.15, 0.2) is 0 Å². The molecule has 0 amide bonds. The summed E-state index contributed by atoms with van der Waals surface area (Å²) in [6.45, 7) is 14.1. The van der Waals surface area contributed by atoms with Gasteiger partial charge in [-0.3, -0.25) is 0 Å². The summed E-state index contributed by atoms with van der Waals surface area (Å²) in [6.07, 6.45) is 15.8. The summed E-state index contributed by atoms with van der Waals surface area (Å²) in [5, 5.41) is 10.1. The standard InChI is InChI=1S/C27H44O2/c1-18(2)8-6-9-20(4)23-12-13-24-26(23,5)14-7-15-27(24)25(29-27)17-21-16-22(28)11-10-19(21)3/h17-18,20,22-25,28H,3,6-16H2,1-2,4-5H3/t20?,22?,23?,24?,25?,26-,27-/m1/s1. The molecular weight excluding hydrogens is 356 g/mol. The summed E-state index contributed by atoms with van der Waals surface area (Å²) in [4.78, 5) is 0. The van der Waals surface area contributed by atoms with Gasteiger partial charge < -0.3 is 9.84 Å². The van der Waals surface area contributed by atoms with Gasteiger partial charge in [0.05, 0.1) is 6.10 Å². The van der Waals surface area contributed by atoms with Crippen molar-refractivity contribution in [3.05, 3.63) is 23.8 Å². The zero-order valence-electron chi connectivity index (χ0n) is 19.4. The lowest BCUT2D eigenvalue weighted by molar-refractivity contribution is 0.00970. The van der Waals surface area contributed by atoms with Crippen LogP contribution in [0.25, 0.3) is 0 Å². The van der Waals surface area contributed by atoms with Crippen LogP contribution in [0.4, 0.5) is 0 Å². The SMILES string of the molecule is C=C1CCC(O)CC1=CC1O[C@@]12CCC[C@]1(C)C(C(C)CCCC(C)C)CCC12. The summed E-state index contributed by atoms with van der Waals surface area (Å²) in [6, 6.07) is 0. The molecule has 164 valence electrons. The van der Waals surface area contributed by atoms with Gasteiger partial charge in [-0.1, -0.05) is 59.1 Å². The topological polar surface area (TPSA) is 32.8 Å². The van der Waals surface area contributed by atoms with Gasteiger partial charge in [0.1, 0.15) is 11.7 Å². The van der Waals surface area contributed by atoms with Gasteiger partial charge in [-0.2, -0.15) is 0 Å². The van der Waals surface area contributed by atoms with Crippen molar-refractivity contribution < 1.29 is 9.84 Å². The van der Waals surface area contributed by atoms with E-state index in [1.807, 2.05) is 0 Å². The fourth-order valence-electron chi connectivity index (χ4n) is 7.56. The van der Waals surface area contributed by atoms with Crippen LogP contribution in [0.3, 0.4) is 0 Å². The first-order valence-electron chi connectivity index (χ1n) is 12.5. The molecule has 1 heterocycles. The molecular formula is C27H44O2. The average molecular weight is 401 g/mol. The minimum Gasteiger partial charge on any atom is -0.393 e. The molecule has 1 N–H and O–H groups in total. The zero-order chi connectivity index (χ0) is 20.8. The number of allylic oxidation sites excluding steroid dienone is 1. The number of fused-ring (bicyclic) bond motifs is 2. The molecule has 4 rings (SSSR count). The monoisotopic (exact) mass is 400 g/mol. The fourth-order valence-corrected chi connectivity index (χ4v) is 7.56. The van der Waals surface area contributed by atoms with E-state index in [0.29, 0.717) is 11.3 Å². The van der Waals surface area contributed by atoms with Crippen LogP contribution in [0.2, 0.25) is 0 Å². The van der Waals surface area contributed by atoms with Crippen molar-refractivity contribution in [2.45, 2.75) is 116 Å². The summed E-state index contributed by atoms with van der Waals surface area (Å²) >= 11 is 0. The Morgan fingerprint density at radius 3 is 2.72 bits per heavy atom. The number of aliphatic hydroxyl groups excluding tert-OH is 1. The van der Waals surface area contributed by atoms with Crippen molar-refractivity contribution in [2.75, 3.05) is 0 Å². The van der Waals surface area contributed by atoms with Crippen molar-refractivity contribution in [3.8, 4) is 0 Å². The normalized spacial score (nSPS) is 44.5. The van der Waals surface area contributed by atoms with Crippen LogP contribution in [-0.4, -0.2) is 22.9 Å². The smallest absolute Gasteiger partial charge is 0.106 e. The Labute approximate surface area is 179 Å². The van der Waals surface area contributed by atoms with Gasteiger partial charge in [-0.05, 0) is 92.1 Å². The Bertz CT molecular complexity index is 649. The Hall–Kier alpha value is -0.600. The van der Waals surface area contributed by atoms with E-state index in [0.717, 1.165) is 37.0 Å². The van der Waals surface area contributed by atoms with Gasteiger partial charge >= 0.3 is 0 Å². The van der Waals surface area contributed by atoms with Gasteiger partial charge in [-0.25, -0.2) is 0 Å². The van der Waals surface area contributed by atoms with Crippen LogP contribution < -0.4 is 0 Å².